The first kappa shape index (κ1) is 18.9. The van der Waals surface area contributed by atoms with E-state index < -0.39 is 0 Å². The quantitative estimate of drug-likeness (QED) is 0.673. The van der Waals surface area contributed by atoms with Crippen LogP contribution in [0.1, 0.15) is 36.2 Å². The molecule has 4 rings (SSSR count). The van der Waals surface area contributed by atoms with E-state index in [2.05, 4.69) is 20.2 Å². The van der Waals surface area contributed by atoms with Crippen LogP contribution in [-0.2, 0) is 0 Å². The summed E-state index contributed by atoms with van der Waals surface area (Å²) in [5.41, 5.74) is 1.05. The summed E-state index contributed by atoms with van der Waals surface area (Å²) in [6.07, 6.45) is 6.40. The third kappa shape index (κ3) is 5.10. The van der Waals surface area contributed by atoms with Crippen molar-refractivity contribution >= 4 is 17.5 Å². The summed E-state index contributed by atoms with van der Waals surface area (Å²) in [7, 11) is 0. The van der Waals surface area contributed by atoms with Crippen molar-refractivity contribution in [3.8, 4) is 11.5 Å². The van der Waals surface area contributed by atoms with Crippen LogP contribution >= 0.6 is 0 Å². The molecule has 1 aliphatic heterocycles. The van der Waals surface area contributed by atoms with Gasteiger partial charge in [-0.15, -0.1) is 0 Å². The second-order valence-corrected chi connectivity index (χ2v) is 7.04. The fraction of sp³-hybridized carbons (Fsp3) is 0.261. The number of para-hydroxylation sites is 1. The van der Waals surface area contributed by atoms with Gasteiger partial charge in [-0.2, -0.15) is 0 Å². The van der Waals surface area contributed by atoms with E-state index in [1.807, 2.05) is 54.6 Å². The predicted octanol–water partition coefficient (Wildman–Crippen LogP) is 4.90. The molecule has 6 nitrogen and oxygen atoms in total. The molecule has 29 heavy (non-hydrogen) atoms. The fourth-order valence-corrected chi connectivity index (χ4v) is 3.32. The van der Waals surface area contributed by atoms with Crippen molar-refractivity contribution in [2.45, 2.75) is 25.7 Å². The van der Waals surface area contributed by atoms with Crippen molar-refractivity contribution in [3.05, 3.63) is 72.6 Å². The number of nitrogens with zero attached hydrogens (tertiary/aromatic N) is 3. The second kappa shape index (κ2) is 9.19. The fourth-order valence-electron chi connectivity index (χ4n) is 3.32. The molecule has 1 amide bonds. The van der Waals surface area contributed by atoms with E-state index in [0.717, 1.165) is 31.7 Å². The molecule has 148 valence electrons. The van der Waals surface area contributed by atoms with E-state index in [-0.39, 0.29) is 5.91 Å². The van der Waals surface area contributed by atoms with Gasteiger partial charge in [0.15, 0.2) is 0 Å². The highest BCUT2D eigenvalue weighted by Gasteiger charge is 2.15. The molecule has 1 N–H and O–H groups in total. The van der Waals surface area contributed by atoms with Crippen LogP contribution in [0.5, 0.6) is 11.5 Å². The number of ether oxygens (including phenoxy) is 1. The minimum atomic E-state index is -0.250. The van der Waals surface area contributed by atoms with Crippen LogP contribution in [0.25, 0.3) is 0 Å². The van der Waals surface area contributed by atoms with Crippen molar-refractivity contribution in [1.82, 2.24) is 9.97 Å². The van der Waals surface area contributed by atoms with E-state index >= 15 is 0 Å². The number of amides is 1. The van der Waals surface area contributed by atoms with Crippen molar-refractivity contribution in [1.29, 1.82) is 0 Å². The number of aromatic nitrogens is 2. The first-order chi connectivity index (χ1) is 14.3. The Morgan fingerprint density at radius 1 is 0.862 bits per heavy atom. The molecule has 0 spiro atoms. The molecule has 1 saturated heterocycles. The minimum absolute atomic E-state index is 0.250. The summed E-state index contributed by atoms with van der Waals surface area (Å²) in [5.74, 6) is 1.86. The Morgan fingerprint density at radius 2 is 1.55 bits per heavy atom. The summed E-state index contributed by atoms with van der Waals surface area (Å²) >= 11 is 0. The summed E-state index contributed by atoms with van der Waals surface area (Å²) in [4.78, 5) is 23.7. The summed E-state index contributed by atoms with van der Waals surface area (Å²) in [6, 6.07) is 18.5. The van der Waals surface area contributed by atoms with Gasteiger partial charge in [0, 0.05) is 25.0 Å². The van der Waals surface area contributed by atoms with Gasteiger partial charge < -0.3 is 15.0 Å². The number of rotatable bonds is 5. The van der Waals surface area contributed by atoms with Gasteiger partial charge in [0.25, 0.3) is 5.91 Å². The molecule has 0 saturated carbocycles. The lowest BCUT2D eigenvalue weighted by Gasteiger charge is -2.20. The van der Waals surface area contributed by atoms with Crippen molar-refractivity contribution in [3.63, 3.8) is 0 Å². The Kier molecular flexibility index (Phi) is 6.00. The Hall–Kier alpha value is -3.41. The van der Waals surface area contributed by atoms with Crippen LogP contribution < -0.4 is 15.0 Å². The van der Waals surface area contributed by atoms with Gasteiger partial charge in [0.05, 0.1) is 0 Å². The van der Waals surface area contributed by atoms with Crippen molar-refractivity contribution in [2.75, 3.05) is 23.3 Å². The molecule has 0 unspecified atom stereocenters. The number of hydrogen-bond donors (Lipinski definition) is 1. The highest BCUT2D eigenvalue weighted by atomic mass is 16.5. The zero-order valence-corrected chi connectivity index (χ0v) is 16.3. The lowest BCUT2D eigenvalue weighted by atomic mass is 10.2. The van der Waals surface area contributed by atoms with Crippen molar-refractivity contribution in [2.24, 2.45) is 0 Å². The van der Waals surface area contributed by atoms with E-state index in [4.69, 9.17) is 4.74 Å². The highest BCUT2D eigenvalue weighted by Crippen LogP contribution is 2.23. The first-order valence-corrected chi connectivity index (χ1v) is 10.0. The normalized spacial score (nSPS) is 14.1. The molecular weight excluding hydrogens is 364 g/mol. The minimum Gasteiger partial charge on any atom is -0.457 e. The number of benzene rings is 2. The molecule has 0 atom stereocenters. The molecule has 6 heteroatoms. The third-order valence-electron chi connectivity index (χ3n) is 4.86. The predicted molar refractivity (Wildman–Crippen MR) is 114 cm³/mol. The molecule has 1 aromatic heterocycles. The molecule has 2 aromatic carbocycles. The smallest absolute Gasteiger partial charge is 0.274 e. The van der Waals surface area contributed by atoms with Gasteiger partial charge in [0.2, 0.25) is 5.95 Å². The summed E-state index contributed by atoms with van der Waals surface area (Å²) in [6.45, 7) is 1.88. The number of carbonyl (C=O) groups is 1. The number of nitrogens with one attached hydrogen (secondary N) is 1. The van der Waals surface area contributed by atoms with Crippen LogP contribution in [-0.4, -0.2) is 29.0 Å². The van der Waals surface area contributed by atoms with Gasteiger partial charge in [-0.1, -0.05) is 31.0 Å². The number of carbonyl (C=O) groups excluding carboxylic acids is 1. The van der Waals surface area contributed by atoms with E-state index in [1.165, 1.54) is 12.8 Å². The zero-order chi connectivity index (χ0) is 19.9. The molecule has 3 aromatic rings. The standard InChI is InChI=1S/C23H24N4O2/c28-22(21-14-15-24-23(26-21)27-16-6-1-2-7-17-27)25-18-10-12-20(13-11-18)29-19-8-4-3-5-9-19/h3-5,8-15H,1-2,6-7,16-17H2,(H,25,28). The maximum Gasteiger partial charge on any atom is 0.274 e. The Balaban J connectivity index is 1.40. The molecule has 0 radical (unpaired) electrons. The van der Waals surface area contributed by atoms with Crippen molar-refractivity contribution < 1.29 is 9.53 Å². The maximum atomic E-state index is 12.6. The third-order valence-corrected chi connectivity index (χ3v) is 4.86. The number of hydrogen-bond acceptors (Lipinski definition) is 5. The lowest BCUT2D eigenvalue weighted by molar-refractivity contribution is 0.102. The molecule has 1 aliphatic rings. The Morgan fingerprint density at radius 3 is 2.28 bits per heavy atom. The molecule has 2 heterocycles. The molecular formula is C23H24N4O2. The van der Waals surface area contributed by atoms with Crippen LogP contribution in [0.3, 0.4) is 0 Å². The average molecular weight is 388 g/mol. The lowest BCUT2D eigenvalue weighted by Crippen LogP contribution is -2.27. The molecule has 0 aliphatic carbocycles. The summed E-state index contributed by atoms with van der Waals surface area (Å²) < 4.78 is 5.78. The van der Waals surface area contributed by atoms with Crippen LogP contribution in [0.2, 0.25) is 0 Å². The van der Waals surface area contributed by atoms with E-state index in [9.17, 15) is 4.79 Å². The van der Waals surface area contributed by atoms with Crippen LogP contribution in [0.15, 0.2) is 66.9 Å². The average Bonchev–Trinajstić information content (AvgIpc) is 3.06. The van der Waals surface area contributed by atoms with Gasteiger partial charge in [-0.25, -0.2) is 9.97 Å². The Labute approximate surface area is 170 Å². The van der Waals surface area contributed by atoms with Gasteiger partial charge in [-0.3, -0.25) is 4.79 Å². The first-order valence-electron chi connectivity index (χ1n) is 10.0. The topological polar surface area (TPSA) is 67.3 Å². The van der Waals surface area contributed by atoms with Crippen LogP contribution in [0, 0.1) is 0 Å². The SMILES string of the molecule is O=C(Nc1ccc(Oc2ccccc2)cc1)c1ccnc(N2CCCCCC2)n1. The van der Waals surface area contributed by atoms with Gasteiger partial charge in [-0.05, 0) is 55.3 Å². The molecule has 0 bridgehead atoms. The molecule has 1 fully saturated rings. The van der Waals surface area contributed by atoms with Crippen LogP contribution in [0.4, 0.5) is 11.6 Å². The zero-order valence-electron chi connectivity index (χ0n) is 16.3. The van der Waals surface area contributed by atoms with Gasteiger partial charge >= 0.3 is 0 Å². The Bertz CT molecular complexity index is 937. The largest absolute Gasteiger partial charge is 0.457 e. The number of anilines is 2. The highest BCUT2D eigenvalue weighted by molar-refractivity contribution is 6.03. The monoisotopic (exact) mass is 388 g/mol. The maximum absolute atomic E-state index is 12.6. The second-order valence-electron chi connectivity index (χ2n) is 7.04. The van der Waals surface area contributed by atoms with E-state index in [1.54, 1.807) is 12.3 Å². The van der Waals surface area contributed by atoms with E-state index in [0.29, 0.717) is 23.1 Å². The van der Waals surface area contributed by atoms with Gasteiger partial charge in [0.1, 0.15) is 17.2 Å². The summed E-state index contributed by atoms with van der Waals surface area (Å²) in [5, 5.41) is 2.89.